The predicted molar refractivity (Wildman–Crippen MR) is 93.8 cm³/mol. The first-order valence-corrected chi connectivity index (χ1v) is 7.87. The Labute approximate surface area is 148 Å². The van der Waals surface area contributed by atoms with Gasteiger partial charge in [0.1, 0.15) is 12.0 Å². The van der Waals surface area contributed by atoms with Crippen molar-refractivity contribution in [1.29, 1.82) is 0 Å². The van der Waals surface area contributed by atoms with Gasteiger partial charge in [-0.05, 0) is 31.2 Å². The smallest absolute Gasteiger partial charge is 0.275 e. The largest absolute Gasteiger partial charge is 0.334 e. The lowest BCUT2D eigenvalue weighted by molar-refractivity contribution is 0.102. The number of rotatable bonds is 4. The summed E-state index contributed by atoms with van der Waals surface area (Å²) >= 11 is 0. The van der Waals surface area contributed by atoms with Crippen LogP contribution in [0.25, 0.3) is 17.3 Å². The molecular weight excluding hydrogens is 332 g/mol. The number of amides is 1. The maximum Gasteiger partial charge on any atom is 0.275 e. The first-order chi connectivity index (χ1) is 12.7. The number of benzene rings is 1. The van der Waals surface area contributed by atoms with E-state index in [1.54, 1.807) is 30.0 Å². The summed E-state index contributed by atoms with van der Waals surface area (Å²) in [5.41, 5.74) is 1.62. The summed E-state index contributed by atoms with van der Waals surface area (Å²) in [4.78, 5) is 25.1. The topological polar surface area (TPSA) is 98.7 Å². The third-order valence-corrected chi connectivity index (χ3v) is 3.64. The number of anilines is 1. The number of para-hydroxylation sites is 1. The van der Waals surface area contributed by atoms with E-state index in [1.165, 1.54) is 6.33 Å². The summed E-state index contributed by atoms with van der Waals surface area (Å²) in [5, 5.41) is 6.60. The lowest BCUT2D eigenvalue weighted by Crippen LogP contribution is -2.12. The number of imidazole rings is 1. The van der Waals surface area contributed by atoms with Crippen LogP contribution in [-0.4, -0.2) is 30.6 Å². The minimum Gasteiger partial charge on any atom is -0.334 e. The second-order valence-electron chi connectivity index (χ2n) is 5.51. The van der Waals surface area contributed by atoms with Crippen LogP contribution in [0.1, 0.15) is 16.3 Å². The molecule has 4 aromatic rings. The van der Waals surface area contributed by atoms with Gasteiger partial charge in [0, 0.05) is 18.1 Å². The summed E-state index contributed by atoms with van der Waals surface area (Å²) in [7, 11) is 0. The Morgan fingerprint density at radius 2 is 1.96 bits per heavy atom. The molecule has 0 aliphatic carbocycles. The van der Waals surface area contributed by atoms with Crippen molar-refractivity contribution in [2.45, 2.75) is 6.92 Å². The molecule has 0 aliphatic heterocycles. The van der Waals surface area contributed by atoms with Gasteiger partial charge < -0.3 is 9.84 Å². The zero-order chi connectivity index (χ0) is 17.9. The van der Waals surface area contributed by atoms with E-state index < -0.39 is 0 Å². The van der Waals surface area contributed by atoms with E-state index in [0.717, 1.165) is 0 Å². The van der Waals surface area contributed by atoms with E-state index in [1.807, 2.05) is 36.4 Å². The summed E-state index contributed by atoms with van der Waals surface area (Å²) in [6, 6.07) is 12.8. The van der Waals surface area contributed by atoms with Crippen molar-refractivity contribution in [3.05, 3.63) is 72.7 Å². The molecule has 4 rings (SSSR count). The van der Waals surface area contributed by atoms with Crippen LogP contribution in [-0.2, 0) is 0 Å². The van der Waals surface area contributed by atoms with E-state index in [2.05, 4.69) is 25.4 Å². The molecule has 0 aliphatic rings. The van der Waals surface area contributed by atoms with E-state index in [4.69, 9.17) is 4.52 Å². The molecule has 8 heteroatoms. The van der Waals surface area contributed by atoms with Crippen molar-refractivity contribution < 1.29 is 9.32 Å². The molecule has 8 nitrogen and oxygen atoms in total. The van der Waals surface area contributed by atoms with Gasteiger partial charge in [0.25, 0.3) is 11.8 Å². The van der Waals surface area contributed by atoms with Gasteiger partial charge in [0.05, 0.1) is 5.56 Å². The molecule has 0 bridgehead atoms. The average Bonchev–Trinajstić information content (AvgIpc) is 3.32. The Kier molecular flexibility index (Phi) is 3.98. The first kappa shape index (κ1) is 15.7. The summed E-state index contributed by atoms with van der Waals surface area (Å²) < 4.78 is 6.88. The molecule has 0 saturated heterocycles. The molecule has 0 fully saturated rings. The van der Waals surface area contributed by atoms with Crippen molar-refractivity contribution in [3.8, 4) is 17.3 Å². The molecule has 3 heterocycles. The van der Waals surface area contributed by atoms with Crippen LogP contribution in [0.15, 0.2) is 65.7 Å². The van der Waals surface area contributed by atoms with Gasteiger partial charge in [-0.3, -0.25) is 9.36 Å². The van der Waals surface area contributed by atoms with Gasteiger partial charge in [-0.1, -0.05) is 23.4 Å². The zero-order valence-corrected chi connectivity index (χ0v) is 13.8. The van der Waals surface area contributed by atoms with Crippen molar-refractivity contribution in [2.24, 2.45) is 0 Å². The molecule has 0 atom stereocenters. The number of aryl methyl sites for hydroxylation is 1. The van der Waals surface area contributed by atoms with Gasteiger partial charge in [0.15, 0.2) is 11.6 Å². The van der Waals surface area contributed by atoms with Crippen molar-refractivity contribution in [3.63, 3.8) is 0 Å². The highest BCUT2D eigenvalue weighted by Gasteiger charge is 2.16. The fourth-order valence-corrected chi connectivity index (χ4v) is 2.45. The number of carbonyl (C=O) groups excluding carboxylic acids is 1. The number of carbonyl (C=O) groups is 1. The highest BCUT2D eigenvalue weighted by atomic mass is 16.5. The molecule has 0 saturated carbocycles. The second-order valence-corrected chi connectivity index (χ2v) is 5.51. The van der Waals surface area contributed by atoms with Gasteiger partial charge >= 0.3 is 0 Å². The first-order valence-electron chi connectivity index (χ1n) is 7.87. The lowest BCUT2D eigenvalue weighted by atomic mass is 10.2. The zero-order valence-electron chi connectivity index (χ0n) is 13.8. The molecule has 0 radical (unpaired) electrons. The van der Waals surface area contributed by atoms with E-state index in [-0.39, 0.29) is 11.6 Å². The summed E-state index contributed by atoms with van der Waals surface area (Å²) in [6.45, 7) is 1.74. The number of aromatic nitrogens is 5. The molecule has 0 unspecified atom stereocenters. The van der Waals surface area contributed by atoms with Crippen LogP contribution in [0.3, 0.4) is 0 Å². The molecule has 128 valence electrons. The number of nitrogens with zero attached hydrogens (tertiary/aromatic N) is 5. The van der Waals surface area contributed by atoms with Crippen LogP contribution in [0.5, 0.6) is 0 Å². The van der Waals surface area contributed by atoms with Crippen LogP contribution < -0.4 is 5.32 Å². The Bertz CT molecular complexity index is 1050. The third-order valence-electron chi connectivity index (χ3n) is 3.64. The number of hydrogen-bond donors (Lipinski definition) is 1. The monoisotopic (exact) mass is 346 g/mol. The normalized spacial score (nSPS) is 10.7. The van der Waals surface area contributed by atoms with Crippen LogP contribution in [0, 0.1) is 6.92 Å². The number of pyridine rings is 1. The number of nitrogens with one attached hydrogen (secondary N) is 1. The highest BCUT2D eigenvalue weighted by molar-refractivity contribution is 6.02. The average molecular weight is 346 g/mol. The van der Waals surface area contributed by atoms with Crippen molar-refractivity contribution >= 4 is 11.6 Å². The minimum absolute atomic E-state index is 0.271. The van der Waals surface area contributed by atoms with E-state index in [9.17, 15) is 4.79 Å². The molecule has 3 aromatic heterocycles. The Balaban J connectivity index is 1.64. The SMILES string of the molecule is Cc1noc(-c2cccnc2-n2cnc(C(=O)Nc3ccccc3)c2)n1. The van der Waals surface area contributed by atoms with Crippen LogP contribution in [0.4, 0.5) is 5.69 Å². The predicted octanol–water partition coefficient (Wildman–Crippen LogP) is 2.88. The standard InChI is InChI=1S/C18H14N6O2/c1-12-21-18(26-23-12)14-8-5-9-19-16(14)24-10-15(20-11-24)17(25)22-13-6-3-2-4-7-13/h2-11H,1H3,(H,22,25). The number of hydrogen-bond acceptors (Lipinski definition) is 6. The van der Waals surface area contributed by atoms with Crippen LogP contribution >= 0.6 is 0 Å². The molecular formula is C18H14N6O2. The third kappa shape index (κ3) is 3.07. The van der Waals surface area contributed by atoms with Gasteiger partial charge in [0.2, 0.25) is 0 Å². The Morgan fingerprint density at radius 1 is 1.12 bits per heavy atom. The Hall–Kier alpha value is -3.81. The lowest BCUT2D eigenvalue weighted by Gasteiger charge is -2.05. The van der Waals surface area contributed by atoms with Gasteiger partial charge in [-0.15, -0.1) is 0 Å². The maximum absolute atomic E-state index is 12.4. The highest BCUT2D eigenvalue weighted by Crippen LogP contribution is 2.23. The van der Waals surface area contributed by atoms with Gasteiger partial charge in [-0.2, -0.15) is 4.98 Å². The molecule has 0 spiro atoms. The van der Waals surface area contributed by atoms with Gasteiger partial charge in [-0.25, -0.2) is 9.97 Å². The molecule has 1 amide bonds. The molecule has 1 aromatic carbocycles. The van der Waals surface area contributed by atoms with Crippen LogP contribution in [0.2, 0.25) is 0 Å². The fraction of sp³-hybridized carbons (Fsp3) is 0.0556. The van der Waals surface area contributed by atoms with Crippen molar-refractivity contribution in [2.75, 3.05) is 5.32 Å². The fourth-order valence-electron chi connectivity index (χ4n) is 2.45. The molecule has 1 N–H and O–H groups in total. The molecule has 26 heavy (non-hydrogen) atoms. The van der Waals surface area contributed by atoms with E-state index in [0.29, 0.717) is 28.8 Å². The van der Waals surface area contributed by atoms with E-state index >= 15 is 0 Å². The summed E-state index contributed by atoms with van der Waals surface area (Å²) in [5.74, 6) is 1.13. The maximum atomic E-state index is 12.4. The summed E-state index contributed by atoms with van der Waals surface area (Å²) in [6.07, 6.45) is 4.77. The Morgan fingerprint density at radius 3 is 2.73 bits per heavy atom. The van der Waals surface area contributed by atoms with Crippen molar-refractivity contribution in [1.82, 2.24) is 24.7 Å². The second kappa shape index (κ2) is 6.60. The minimum atomic E-state index is -0.305. The quantitative estimate of drug-likeness (QED) is 0.610.